The highest BCUT2D eigenvalue weighted by Crippen LogP contribution is 2.20. The van der Waals surface area contributed by atoms with E-state index in [0.717, 1.165) is 42.8 Å². The minimum Gasteiger partial charge on any atom is -0.349 e. The highest BCUT2D eigenvalue weighted by atomic mass is 79.9. The fourth-order valence-corrected chi connectivity index (χ4v) is 3.72. The third-order valence-corrected chi connectivity index (χ3v) is 5.49. The minimum absolute atomic E-state index is 0.142. The van der Waals surface area contributed by atoms with Crippen LogP contribution in [0.3, 0.4) is 0 Å². The van der Waals surface area contributed by atoms with Gasteiger partial charge < -0.3 is 5.32 Å². The maximum Gasteiger partial charge on any atom is 0.223 e. The Morgan fingerprint density at radius 3 is 2.18 bits per heavy atom. The normalized spacial score (nSPS) is 13.5. The lowest BCUT2D eigenvalue weighted by molar-refractivity contribution is -0.126. The molecule has 0 bridgehead atoms. The van der Waals surface area contributed by atoms with E-state index in [1.54, 1.807) is 0 Å². The van der Waals surface area contributed by atoms with Gasteiger partial charge in [0.2, 0.25) is 5.91 Å². The summed E-state index contributed by atoms with van der Waals surface area (Å²) in [6.45, 7) is 6.36. The van der Waals surface area contributed by atoms with E-state index in [-0.39, 0.29) is 17.4 Å². The Hall–Kier alpha value is 0.430. The molecule has 0 saturated carbocycles. The molecule has 0 aliphatic carbocycles. The highest BCUT2D eigenvalue weighted by Gasteiger charge is 2.29. The molecule has 0 radical (unpaired) electrons. The SMILES string of the molecule is CCCCC(CC)C(=O)NC(CC)(CBr)CBr. The van der Waals surface area contributed by atoms with Crippen LogP contribution in [-0.2, 0) is 4.79 Å². The first-order valence-corrected chi connectivity index (χ1v) is 8.77. The number of carbonyl (C=O) groups excluding carboxylic acids is 1. The standard InChI is InChI=1S/C13H25Br2NO/c1-4-7-8-11(5-2)12(17)16-13(6-3,9-14)10-15/h11H,4-10H2,1-3H3,(H,16,17). The van der Waals surface area contributed by atoms with E-state index in [9.17, 15) is 4.79 Å². The number of alkyl halides is 2. The van der Waals surface area contributed by atoms with E-state index in [1.165, 1.54) is 0 Å². The zero-order chi connectivity index (χ0) is 13.3. The third-order valence-electron chi connectivity index (χ3n) is 3.35. The number of carbonyl (C=O) groups is 1. The summed E-state index contributed by atoms with van der Waals surface area (Å²) in [7, 11) is 0. The van der Waals surface area contributed by atoms with Gasteiger partial charge in [0.1, 0.15) is 0 Å². The number of rotatable bonds is 9. The van der Waals surface area contributed by atoms with Crippen molar-refractivity contribution in [3.63, 3.8) is 0 Å². The van der Waals surface area contributed by atoms with Crippen LogP contribution in [0.25, 0.3) is 0 Å². The molecule has 102 valence electrons. The summed E-state index contributed by atoms with van der Waals surface area (Å²) < 4.78 is 0. The Labute approximate surface area is 123 Å². The smallest absolute Gasteiger partial charge is 0.223 e. The summed E-state index contributed by atoms with van der Waals surface area (Å²) in [5.74, 6) is 0.376. The first-order chi connectivity index (χ1) is 8.09. The molecule has 0 rings (SSSR count). The summed E-state index contributed by atoms with van der Waals surface area (Å²) in [5, 5.41) is 4.79. The Bertz CT molecular complexity index is 209. The molecule has 17 heavy (non-hydrogen) atoms. The van der Waals surface area contributed by atoms with Gasteiger partial charge in [-0.1, -0.05) is 65.5 Å². The summed E-state index contributed by atoms with van der Waals surface area (Å²) in [6, 6.07) is 0. The van der Waals surface area contributed by atoms with E-state index >= 15 is 0 Å². The Kier molecular flexibility index (Phi) is 9.61. The number of nitrogens with one attached hydrogen (secondary N) is 1. The fraction of sp³-hybridized carbons (Fsp3) is 0.923. The molecule has 1 atom stereocenters. The van der Waals surface area contributed by atoms with E-state index in [2.05, 4.69) is 57.9 Å². The van der Waals surface area contributed by atoms with Crippen molar-refractivity contribution in [2.24, 2.45) is 5.92 Å². The molecule has 0 heterocycles. The molecule has 0 aromatic rings. The molecule has 1 unspecified atom stereocenters. The first-order valence-electron chi connectivity index (χ1n) is 6.53. The number of amides is 1. The second kappa shape index (κ2) is 9.37. The van der Waals surface area contributed by atoms with Gasteiger partial charge in [-0.2, -0.15) is 0 Å². The predicted octanol–water partition coefficient (Wildman–Crippen LogP) is 4.26. The van der Waals surface area contributed by atoms with Gasteiger partial charge in [0, 0.05) is 16.6 Å². The van der Waals surface area contributed by atoms with Gasteiger partial charge in [0.05, 0.1) is 5.54 Å². The van der Waals surface area contributed by atoms with E-state index in [1.807, 2.05) is 0 Å². The highest BCUT2D eigenvalue weighted by molar-refractivity contribution is 9.09. The molecule has 0 aliphatic rings. The fourth-order valence-electron chi connectivity index (χ4n) is 1.71. The molecule has 0 aromatic heterocycles. The van der Waals surface area contributed by atoms with Crippen LogP contribution in [0.4, 0.5) is 0 Å². The van der Waals surface area contributed by atoms with Gasteiger partial charge in [0.25, 0.3) is 0 Å². The molecule has 0 aromatic carbocycles. The van der Waals surface area contributed by atoms with Crippen molar-refractivity contribution in [1.29, 1.82) is 0 Å². The number of halogens is 2. The number of unbranched alkanes of at least 4 members (excludes halogenated alkanes) is 1. The van der Waals surface area contributed by atoms with Crippen molar-refractivity contribution in [1.82, 2.24) is 5.32 Å². The molecule has 0 saturated heterocycles. The molecule has 0 fully saturated rings. The Morgan fingerprint density at radius 2 is 1.82 bits per heavy atom. The van der Waals surface area contributed by atoms with E-state index in [0.29, 0.717) is 0 Å². The predicted molar refractivity (Wildman–Crippen MR) is 82.1 cm³/mol. The van der Waals surface area contributed by atoms with Crippen LogP contribution in [0.15, 0.2) is 0 Å². The van der Waals surface area contributed by atoms with Crippen molar-refractivity contribution < 1.29 is 4.79 Å². The second-order valence-electron chi connectivity index (χ2n) is 4.64. The largest absolute Gasteiger partial charge is 0.349 e. The molecule has 0 aliphatic heterocycles. The zero-order valence-electron chi connectivity index (χ0n) is 11.2. The van der Waals surface area contributed by atoms with Crippen molar-refractivity contribution in [2.75, 3.05) is 10.7 Å². The molecule has 1 N–H and O–H groups in total. The summed E-state index contributed by atoms with van der Waals surface area (Å²) in [4.78, 5) is 12.2. The van der Waals surface area contributed by atoms with E-state index in [4.69, 9.17) is 0 Å². The molecule has 2 nitrogen and oxygen atoms in total. The van der Waals surface area contributed by atoms with Gasteiger partial charge in [-0.15, -0.1) is 0 Å². The van der Waals surface area contributed by atoms with Crippen molar-refractivity contribution in [3.8, 4) is 0 Å². The van der Waals surface area contributed by atoms with Crippen LogP contribution in [0.2, 0.25) is 0 Å². The van der Waals surface area contributed by atoms with Crippen molar-refractivity contribution in [2.45, 2.75) is 58.4 Å². The van der Waals surface area contributed by atoms with Crippen LogP contribution in [-0.4, -0.2) is 22.1 Å². The van der Waals surface area contributed by atoms with Crippen LogP contribution < -0.4 is 5.32 Å². The van der Waals surface area contributed by atoms with Gasteiger partial charge >= 0.3 is 0 Å². The van der Waals surface area contributed by atoms with Crippen molar-refractivity contribution >= 4 is 37.8 Å². The average Bonchev–Trinajstić information content (AvgIpc) is 2.37. The second-order valence-corrected chi connectivity index (χ2v) is 5.76. The van der Waals surface area contributed by atoms with Gasteiger partial charge in [-0.3, -0.25) is 4.79 Å². The lowest BCUT2D eigenvalue weighted by atomic mass is 9.95. The van der Waals surface area contributed by atoms with Gasteiger partial charge in [-0.25, -0.2) is 0 Å². The average molecular weight is 371 g/mol. The first kappa shape index (κ1) is 17.4. The van der Waals surface area contributed by atoms with Crippen LogP contribution in [0.1, 0.15) is 52.9 Å². The maximum atomic E-state index is 12.2. The molecule has 4 heteroatoms. The maximum absolute atomic E-state index is 12.2. The lowest BCUT2D eigenvalue weighted by Gasteiger charge is -2.31. The van der Waals surface area contributed by atoms with Crippen LogP contribution in [0.5, 0.6) is 0 Å². The monoisotopic (exact) mass is 369 g/mol. The van der Waals surface area contributed by atoms with Gasteiger partial charge in [-0.05, 0) is 19.3 Å². The minimum atomic E-state index is -0.142. The van der Waals surface area contributed by atoms with Gasteiger partial charge in [0.15, 0.2) is 0 Å². The zero-order valence-corrected chi connectivity index (χ0v) is 14.4. The van der Waals surface area contributed by atoms with E-state index < -0.39 is 0 Å². The molecular weight excluding hydrogens is 346 g/mol. The van der Waals surface area contributed by atoms with Crippen LogP contribution >= 0.6 is 31.9 Å². The summed E-state index contributed by atoms with van der Waals surface area (Å²) in [5.41, 5.74) is -0.142. The number of hydrogen-bond acceptors (Lipinski definition) is 1. The topological polar surface area (TPSA) is 29.1 Å². The Morgan fingerprint density at radius 1 is 1.24 bits per heavy atom. The number of hydrogen-bond donors (Lipinski definition) is 1. The summed E-state index contributed by atoms with van der Waals surface area (Å²) in [6.07, 6.45) is 5.14. The molecule has 0 spiro atoms. The third kappa shape index (κ3) is 5.73. The lowest BCUT2D eigenvalue weighted by Crippen LogP contribution is -2.52. The molecular formula is C13H25Br2NO. The quantitative estimate of drug-likeness (QED) is 0.603. The van der Waals surface area contributed by atoms with Crippen molar-refractivity contribution in [3.05, 3.63) is 0 Å². The molecule has 1 amide bonds. The summed E-state index contributed by atoms with van der Waals surface area (Å²) >= 11 is 7.00. The Balaban J connectivity index is 4.46. The van der Waals surface area contributed by atoms with Crippen LogP contribution in [0, 0.1) is 5.92 Å².